The second kappa shape index (κ2) is 5.27. The molecule has 0 aliphatic rings. The van der Waals surface area contributed by atoms with E-state index in [1.807, 2.05) is 0 Å². The molecule has 3 heteroatoms. The lowest BCUT2D eigenvalue weighted by Crippen LogP contribution is -1.96. The SMILES string of the molecule is CCCCOc1ccc(O)c(C=O)c1. The van der Waals surface area contributed by atoms with E-state index in [1.165, 1.54) is 12.1 Å². The molecule has 76 valence electrons. The third-order valence-electron chi connectivity index (χ3n) is 1.89. The third-order valence-corrected chi connectivity index (χ3v) is 1.89. The van der Waals surface area contributed by atoms with Gasteiger partial charge >= 0.3 is 0 Å². The van der Waals surface area contributed by atoms with Crippen molar-refractivity contribution in [1.29, 1.82) is 0 Å². The number of unbranched alkanes of at least 4 members (excludes halogenated alkanes) is 1. The monoisotopic (exact) mass is 194 g/mol. The van der Waals surface area contributed by atoms with Crippen LogP contribution in [0, 0.1) is 0 Å². The van der Waals surface area contributed by atoms with E-state index in [9.17, 15) is 9.90 Å². The minimum atomic E-state index is -0.0113. The van der Waals surface area contributed by atoms with Gasteiger partial charge in [-0.15, -0.1) is 0 Å². The summed E-state index contributed by atoms with van der Waals surface area (Å²) in [6.45, 7) is 2.72. The fraction of sp³-hybridized carbons (Fsp3) is 0.364. The van der Waals surface area contributed by atoms with Crippen LogP contribution in [0.4, 0.5) is 0 Å². The number of carbonyl (C=O) groups is 1. The highest BCUT2D eigenvalue weighted by Gasteiger charge is 2.01. The van der Waals surface area contributed by atoms with Crippen molar-refractivity contribution in [2.45, 2.75) is 19.8 Å². The van der Waals surface area contributed by atoms with Crippen LogP contribution < -0.4 is 4.74 Å². The summed E-state index contributed by atoms with van der Waals surface area (Å²) in [5.74, 6) is 0.612. The van der Waals surface area contributed by atoms with Gasteiger partial charge in [-0.05, 0) is 24.6 Å². The van der Waals surface area contributed by atoms with Gasteiger partial charge < -0.3 is 9.84 Å². The second-order valence-corrected chi connectivity index (χ2v) is 3.04. The summed E-state index contributed by atoms with van der Waals surface area (Å²) >= 11 is 0. The molecular formula is C11H14O3. The van der Waals surface area contributed by atoms with E-state index in [4.69, 9.17) is 4.74 Å². The van der Waals surface area contributed by atoms with Gasteiger partial charge in [0, 0.05) is 0 Å². The van der Waals surface area contributed by atoms with Gasteiger partial charge in [-0.2, -0.15) is 0 Å². The molecule has 0 saturated heterocycles. The number of phenols is 1. The molecular weight excluding hydrogens is 180 g/mol. The van der Waals surface area contributed by atoms with E-state index >= 15 is 0 Å². The lowest BCUT2D eigenvalue weighted by molar-refractivity contribution is 0.112. The standard InChI is InChI=1S/C11H14O3/c1-2-3-6-14-10-4-5-11(13)9(7-10)8-12/h4-5,7-8,13H,2-3,6H2,1H3. The maximum Gasteiger partial charge on any atom is 0.153 e. The van der Waals surface area contributed by atoms with Crippen LogP contribution >= 0.6 is 0 Å². The molecule has 0 atom stereocenters. The maximum absolute atomic E-state index is 10.5. The Kier molecular flexibility index (Phi) is 3.98. The Morgan fingerprint density at radius 3 is 2.93 bits per heavy atom. The van der Waals surface area contributed by atoms with E-state index < -0.39 is 0 Å². The number of carbonyl (C=O) groups excluding carboxylic acids is 1. The highest BCUT2D eigenvalue weighted by atomic mass is 16.5. The zero-order chi connectivity index (χ0) is 10.4. The van der Waals surface area contributed by atoms with Crippen molar-refractivity contribution in [3.05, 3.63) is 23.8 Å². The molecule has 0 aromatic heterocycles. The van der Waals surface area contributed by atoms with Crippen molar-refractivity contribution in [2.24, 2.45) is 0 Å². The molecule has 0 amide bonds. The summed E-state index contributed by atoms with van der Waals surface area (Å²) in [7, 11) is 0. The number of benzene rings is 1. The van der Waals surface area contributed by atoms with E-state index in [-0.39, 0.29) is 11.3 Å². The molecule has 1 N–H and O–H groups in total. The number of phenolic OH excluding ortho intramolecular Hbond substituents is 1. The van der Waals surface area contributed by atoms with Gasteiger partial charge in [0.05, 0.1) is 12.2 Å². The molecule has 0 aliphatic heterocycles. The molecule has 0 spiro atoms. The Bertz CT molecular complexity index is 307. The smallest absolute Gasteiger partial charge is 0.153 e. The van der Waals surface area contributed by atoms with Crippen LogP contribution in [0.25, 0.3) is 0 Å². The molecule has 0 aliphatic carbocycles. The quantitative estimate of drug-likeness (QED) is 0.578. The van der Waals surface area contributed by atoms with E-state index in [0.717, 1.165) is 12.8 Å². The van der Waals surface area contributed by atoms with Crippen molar-refractivity contribution in [3.63, 3.8) is 0 Å². The molecule has 0 fully saturated rings. The van der Waals surface area contributed by atoms with Gasteiger partial charge in [-0.3, -0.25) is 4.79 Å². The van der Waals surface area contributed by atoms with Gasteiger partial charge in [0.2, 0.25) is 0 Å². The van der Waals surface area contributed by atoms with Crippen LogP contribution in [0.3, 0.4) is 0 Å². The summed E-state index contributed by atoms with van der Waals surface area (Å²) in [5, 5.41) is 9.22. The van der Waals surface area contributed by atoms with Gasteiger partial charge in [0.1, 0.15) is 11.5 Å². The summed E-state index contributed by atoms with van der Waals surface area (Å²) in [4.78, 5) is 10.5. The largest absolute Gasteiger partial charge is 0.507 e. The van der Waals surface area contributed by atoms with Gasteiger partial charge in [0.15, 0.2) is 6.29 Å². The van der Waals surface area contributed by atoms with Crippen LogP contribution in [0.1, 0.15) is 30.1 Å². The van der Waals surface area contributed by atoms with Crippen LogP contribution in [-0.2, 0) is 0 Å². The lowest BCUT2D eigenvalue weighted by atomic mass is 10.2. The summed E-state index contributed by atoms with van der Waals surface area (Å²) in [6.07, 6.45) is 2.66. The molecule has 1 rings (SSSR count). The first kappa shape index (κ1) is 10.6. The molecule has 3 nitrogen and oxygen atoms in total. The fourth-order valence-corrected chi connectivity index (χ4v) is 1.05. The summed E-state index contributed by atoms with van der Waals surface area (Å²) in [6, 6.07) is 4.65. The average molecular weight is 194 g/mol. The predicted octanol–water partition coefficient (Wildman–Crippen LogP) is 2.38. The van der Waals surface area contributed by atoms with Crippen molar-refractivity contribution in [2.75, 3.05) is 6.61 Å². The van der Waals surface area contributed by atoms with E-state index in [0.29, 0.717) is 18.6 Å². The molecule has 0 bridgehead atoms. The Hall–Kier alpha value is -1.51. The van der Waals surface area contributed by atoms with Crippen molar-refractivity contribution < 1.29 is 14.6 Å². The molecule has 0 unspecified atom stereocenters. The Balaban J connectivity index is 2.64. The highest BCUT2D eigenvalue weighted by Crippen LogP contribution is 2.21. The highest BCUT2D eigenvalue weighted by molar-refractivity contribution is 5.79. The first-order valence-corrected chi connectivity index (χ1v) is 4.69. The van der Waals surface area contributed by atoms with Gasteiger partial charge in [-0.25, -0.2) is 0 Å². The first-order valence-electron chi connectivity index (χ1n) is 4.69. The Labute approximate surface area is 83.3 Å². The topological polar surface area (TPSA) is 46.5 Å². The van der Waals surface area contributed by atoms with Gasteiger partial charge in [-0.1, -0.05) is 13.3 Å². The van der Waals surface area contributed by atoms with E-state index in [2.05, 4.69) is 6.92 Å². The summed E-state index contributed by atoms with van der Waals surface area (Å²) in [5.41, 5.74) is 0.263. The molecule has 1 aromatic rings. The van der Waals surface area contributed by atoms with Crippen molar-refractivity contribution in [3.8, 4) is 11.5 Å². The number of aldehydes is 1. The number of hydrogen-bond donors (Lipinski definition) is 1. The van der Waals surface area contributed by atoms with Crippen molar-refractivity contribution >= 4 is 6.29 Å². The second-order valence-electron chi connectivity index (χ2n) is 3.04. The van der Waals surface area contributed by atoms with Crippen LogP contribution in [0.2, 0.25) is 0 Å². The number of ether oxygens (including phenoxy) is 1. The number of hydrogen-bond acceptors (Lipinski definition) is 3. The fourth-order valence-electron chi connectivity index (χ4n) is 1.05. The number of rotatable bonds is 5. The number of aromatic hydroxyl groups is 1. The zero-order valence-corrected chi connectivity index (χ0v) is 8.19. The molecule has 14 heavy (non-hydrogen) atoms. The molecule has 1 aromatic carbocycles. The first-order chi connectivity index (χ1) is 6.77. The van der Waals surface area contributed by atoms with E-state index in [1.54, 1.807) is 6.07 Å². The summed E-state index contributed by atoms with van der Waals surface area (Å²) < 4.78 is 5.37. The molecule has 0 saturated carbocycles. The maximum atomic E-state index is 10.5. The van der Waals surface area contributed by atoms with Crippen LogP contribution in [0.5, 0.6) is 11.5 Å². The predicted molar refractivity (Wildman–Crippen MR) is 53.9 cm³/mol. The Morgan fingerprint density at radius 2 is 2.29 bits per heavy atom. The minimum absolute atomic E-state index is 0.0113. The van der Waals surface area contributed by atoms with Crippen LogP contribution in [-0.4, -0.2) is 18.0 Å². The minimum Gasteiger partial charge on any atom is -0.507 e. The van der Waals surface area contributed by atoms with Gasteiger partial charge in [0.25, 0.3) is 0 Å². The molecule has 0 radical (unpaired) electrons. The van der Waals surface area contributed by atoms with Crippen molar-refractivity contribution in [1.82, 2.24) is 0 Å². The third kappa shape index (κ3) is 2.76. The molecule has 0 heterocycles. The lowest BCUT2D eigenvalue weighted by Gasteiger charge is -2.06. The average Bonchev–Trinajstić information content (AvgIpc) is 2.21. The normalized spacial score (nSPS) is 9.79. The zero-order valence-electron chi connectivity index (χ0n) is 8.19. The Morgan fingerprint density at radius 1 is 1.50 bits per heavy atom. The van der Waals surface area contributed by atoms with Crippen LogP contribution in [0.15, 0.2) is 18.2 Å².